The van der Waals surface area contributed by atoms with Crippen LogP contribution in [-0.4, -0.2) is 168 Å². The Bertz CT molecular complexity index is 1750. The largest absolute Gasteiger partial charge is 0.432 e. The van der Waals surface area contributed by atoms with E-state index in [1.807, 2.05) is 6.92 Å². The van der Waals surface area contributed by atoms with E-state index in [1.165, 1.54) is 6.92 Å². The van der Waals surface area contributed by atoms with Gasteiger partial charge in [0.05, 0.1) is 30.8 Å². The Morgan fingerprint density at radius 3 is 1.97 bits per heavy atom. The summed E-state index contributed by atoms with van der Waals surface area (Å²) >= 11 is 0. The number of rotatable bonds is 9. The SMILES string of the molecule is C=C(C)[C@@H]1CC[C@]2(C(=O)O[C@@H]3O[C@H](CO[C@@H]4O[C@H](CO)[C@@H](O[C@@H]5O[C@@H](C)[C@H](O)[C@@H](O)[C@H]5O)[C@H](O)[C@H]4O)[C@@H](O)[C@H](O)[C@H]3O)CC[C@]3(C)[C@H](CC[C@@H]4[C@@]5(C)CC[C@H](O)C(C)(C)[C@@H]5CC[C@]43C)[C@@H]12. The van der Waals surface area contributed by atoms with Crippen LogP contribution in [0.25, 0.3) is 0 Å². The number of hydrogen-bond donors (Lipinski definition) is 10. The summed E-state index contributed by atoms with van der Waals surface area (Å²) < 4.78 is 34.8. The lowest BCUT2D eigenvalue weighted by Crippen LogP contribution is -2.67. The van der Waals surface area contributed by atoms with E-state index in [1.54, 1.807) is 0 Å². The van der Waals surface area contributed by atoms with Gasteiger partial charge >= 0.3 is 5.97 Å². The van der Waals surface area contributed by atoms with E-state index in [0.717, 1.165) is 56.9 Å². The molecule has 0 spiro atoms. The van der Waals surface area contributed by atoms with Crippen LogP contribution in [0.4, 0.5) is 0 Å². The van der Waals surface area contributed by atoms with Gasteiger partial charge in [-0.1, -0.05) is 46.8 Å². The zero-order valence-electron chi connectivity index (χ0n) is 39.1. The molecule has 0 radical (unpaired) electrons. The zero-order valence-corrected chi connectivity index (χ0v) is 39.1. The second-order valence-electron chi connectivity index (χ2n) is 23.0. The Morgan fingerprint density at radius 2 is 1.29 bits per heavy atom. The lowest BCUT2D eigenvalue weighted by Gasteiger charge is -2.72. The molecule has 10 N–H and O–H groups in total. The van der Waals surface area contributed by atoms with E-state index in [-0.39, 0.29) is 45.5 Å². The van der Waals surface area contributed by atoms with Crippen LogP contribution in [0.3, 0.4) is 0 Å². The van der Waals surface area contributed by atoms with Crippen LogP contribution in [0.5, 0.6) is 0 Å². The highest BCUT2D eigenvalue weighted by atomic mass is 16.8. The second kappa shape index (κ2) is 17.8. The van der Waals surface area contributed by atoms with E-state index in [9.17, 15) is 55.9 Å². The molecule has 372 valence electrons. The van der Waals surface area contributed by atoms with E-state index < -0.39 is 117 Å². The van der Waals surface area contributed by atoms with Gasteiger partial charge in [0.25, 0.3) is 0 Å². The van der Waals surface area contributed by atoms with E-state index in [0.29, 0.717) is 24.7 Å². The lowest BCUT2D eigenvalue weighted by molar-refractivity contribution is -0.361. The molecule has 5 aliphatic carbocycles. The normalized spacial score (nSPS) is 55.2. The van der Waals surface area contributed by atoms with Gasteiger partial charge in [0.1, 0.15) is 67.1 Å². The van der Waals surface area contributed by atoms with Crippen molar-refractivity contribution < 1.29 is 84.3 Å². The number of aliphatic hydroxyl groups is 10. The predicted molar refractivity (Wildman–Crippen MR) is 229 cm³/mol. The maximum absolute atomic E-state index is 15.0. The van der Waals surface area contributed by atoms with Crippen LogP contribution in [0.2, 0.25) is 0 Å². The monoisotopic (exact) mass is 927 g/mol. The van der Waals surface area contributed by atoms with Crippen molar-refractivity contribution in [3.63, 3.8) is 0 Å². The van der Waals surface area contributed by atoms with Crippen LogP contribution >= 0.6 is 0 Å². The molecular formula is C48H78O17. The zero-order chi connectivity index (χ0) is 47.5. The van der Waals surface area contributed by atoms with Crippen molar-refractivity contribution in [1.29, 1.82) is 0 Å². The van der Waals surface area contributed by atoms with Crippen LogP contribution in [-0.2, 0) is 33.2 Å². The molecule has 3 heterocycles. The molecule has 0 unspecified atom stereocenters. The summed E-state index contributed by atoms with van der Waals surface area (Å²) in [6, 6.07) is 0. The van der Waals surface area contributed by atoms with Gasteiger partial charge in [0.15, 0.2) is 12.6 Å². The molecule has 8 aliphatic rings. The lowest BCUT2D eigenvalue weighted by atomic mass is 9.32. The van der Waals surface area contributed by atoms with Gasteiger partial charge in [-0.15, -0.1) is 0 Å². The fraction of sp³-hybridized carbons (Fsp3) is 0.938. The van der Waals surface area contributed by atoms with Gasteiger partial charge in [-0.2, -0.15) is 0 Å². The summed E-state index contributed by atoms with van der Waals surface area (Å²) in [4.78, 5) is 15.0. The van der Waals surface area contributed by atoms with Gasteiger partial charge in [-0.25, -0.2) is 0 Å². The highest BCUT2D eigenvalue weighted by Gasteiger charge is 2.72. The number of esters is 1. The Labute approximate surface area is 382 Å². The maximum atomic E-state index is 15.0. The minimum absolute atomic E-state index is 0.00379. The molecule has 5 saturated carbocycles. The molecule has 8 fully saturated rings. The summed E-state index contributed by atoms with van der Waals surface area (Å²) in [5.74, 6) is 0.544. The Morgan fingerprint density at radius 1 is 0.646 bits per heavy atom. The first-order chi connectivity index (χ1) is 30.4. The van der Waals surface area contributed by atoms with Gasteiger partial charge in [-0.05, 0) is 129 Å². The standard InChI is InChI=1S/C48H78O17/c1-21(2)23-11-16-48(18-17-46(7)24(30(23)48)9-10-28-45(6)14-13-29(50)44(4,5)27(45)12-15-47(28,46)8)43(59)65-42-37(57)34(54)32(52)26(63-42)20-60-40-38(58)35(55)39(25(19-49)62-40)64-41-36(56)33(53)31(51)22(3)61-41/h22-42,49-58H,1,9-20H2,2-8H3/t22-,23-,24+,25+,26+,27-,28+,29-,30+,31-,32+,33+,34-,35+,36+,37+,38+,39+,40+,41-,42-,45-,46+,47+,48-/m0/s1. The molecule has 0 bridgehead atoms. The van der Waals surface area contributed by atoms with Crippen LogP contribution in [0.15, 0.2) is 12.2 Å². The summed E-state index contributed by atoms with van der Waals surface area (Å²) in [7, 11) is 0. The van der Waals surface area contributed by atoms with Gasteiger partial charge in [0, 0.05) is 0 Å². The molecule has 17 heteroatoms. The fourth-order valence-corrected chi connectivity index (χ4v) is 15.7. The molecular weight excluding hydrogens is 849 g/mol. The van der Waals surface area contributed by atoms with Crippen LogP contribution in [0.1, 0.15) is 113 Å². The molecule has 25 atom stereocenters. The number of hydrogen-bond acceptors (Lipinski definition) is 17. The Kier molecular flexibility index (Phi) is 13.7. The van der Waals surface area contributed by atoms with Gasteiger partial charge < -0.3 is 79.5 Å². The third kappa shape index (κ3) is 7.72. The van der Waals surface area contributed by atoms with Crippen molar-refractivity contribution in [3.8, 4) is 0 Å². The Hall–Kier alpha value is -1.39. The molecule has 0 aromatic heterocycles. The molecule has 17 nitrogen and oxygen atoms in total. The average Bonchev–Trinajstić information content (AvgIpc) is 3.67. The summed E-state index contributed by atoms with van der Waals surface area (Å²) in [5.41, 5.74) is -0.0485. The number of aliphatic hydroxyl groups excluding tert-OH is 10. The number of ether oxygens (including phenoxy) is 6. The van der Waals surface area contributed by atoms with Gasteiger partial charge in [0.2, 0.25) is 6.29 Å². The molecule has 0 aromatic rings. The number of fused-ring (bicyclic) bond motifs is 7. The van der Waals surface area contributed by atoms with E-state index in [4.69, 9.17) is 28.4 Å². The summed E-state index contributed by atoms with van der Waals surface area (Å²) in [6.45, 7) is 18.5. The molecule has 3 aliphatic heterocycles. The highest BCUT2D eigenvalue weighted by Crippen LogP contribution is 2.77. The van der Waals surface area contributed by atoms with Crippen molar-refractivity contribution in [1.82, 2.24) is 0 Å². The molecule has 3 saturated heterocycles. The maximum Gasteiger partial charge on any atom is 0.314 e. The first-order valence-corrected chi connectivity index (χ1v) is 24.2. The first kappa shape index (κ1) is 50.0. The van der Waals surface area contributed by atoms with Crippen molar-refractivity contribution >= 4 is 5.97 Å². The van der Waals surface area contributed by atoms with E-state index in [2.05, 4.69) is 41.2 Å². The van der Waals surface area contributed by atoms with Crippen LogP contribution in [0, 0.1) is 56.7 Å². The van der Waals surface area contributed by atoms with Crippen LogP contribution < -0.4 is 0 Å². The number of allylic oxidation sites excluding steroid dienone is 1. The van der Waals surface area contributed by atoms with Gasteiger partial charge in [-0.3, -0.25) is 4.79 Å². The quantitative estimate of drug-likeness (QED) is 0.114. The molecule has 65 heavy (non-hydrogen) atoms. The predicted octanol–water partition coefficient (Wildman–Crippen LogP) is 1.02. The number of carbonyl (C=O) groups is 1. The topological polar surface area (TPSA) is 275 Å². The first-order valence-electron chi connectivity index (χ1n) is 24.2. The van der Waals surface area contributed by atoms with Crippen molar-refractivity contribution in [2.24, 2.45) is 56.7 Å². The molecule has 8 rings (SSSR count). The smallest absolute Gasteiger partial charge is 0.314 e. The van der Waals surface area contributed by atoms with Crippen molar-refractivity contribution in [2.45, 2.75) is 211 Å². The third-order valence-corrected chi connectivity index (χ3v) is 19.7. The number of carbonyl (C=O) groups excluding carboxylic acids is 1. The Balaban J connectivity index is 0.962. The fourth-order valence-electron chi connectivity index (χ4n) is 15.7. The van der Waals surface area contributed by atoms with E-state index >= 15 is 0 Å². The summed E-state index contributed by atoms with van der Waals surface area (Å²) in [5, 5.41) is 108. The minimum Gasteiger partial charge on any atom is -0.432 e. The third-order valence-electron chi connectivity index (χ3n) is 19.7. The average molecular weight is 927 g/mol. The minimum atomic E-state index is -1.84. The summed E-state index contributed by atoms with van der Waals surface area (Å²) in [6.07, 6.45) is -15.7. The highest BCUT2D eigenvalue weighted by molar-refractivity contribution is 5.78. The second-order valence-corrected chi connectivity index (χ2v) is 23.0. The van der Waals surface area contributed by atoms with Crippen molar-refractivity contribution in [2.75, 3.05) is 13.2 Å². The molecule has 0 amide bonds. The van der Waals surface area contributed by atoms with Crippen molar-refractivity contribution in [3.05, 3.63) is 12.2 Å². The molecule has 0 aromatic carbocycles.